The second kappa shape index (κ2) is 11.9. The van der Waals surface area contributed by atoms with Crippen molar-refractivity contribution in [1.29, 1.82) is 0 Å². The highest BCUT2D eigenvalue weighted by Crippen LogP contribution is 2.35. The van der Waals surface area contributed by atoms with Crippen LogP contribution in [0.25, 0.3) is 21.2 Å². The second-order valence-corrected chi connectivity index (χ2v) is 11.1. The first-order chi connectivity index (χ1) is 17.4. The number of nitrogens with zero attached hydrogens (tertiary/aromatic N) is 4. The van der Waals surface area contributed by atoms with Gasteiger partial charge in [-0.05, 0) is 43.4 Å². The van der Waals surface area contributed by atoms with E-state index in [1.165, 1.54) is 0 Å². The molecule has 0 aliphatic carbocycles. The van der Waals surface area contributed by atoms with E-state index in [1.54, 1.807) is 36.1 Å². The highest BCUT2D eigenvalue weighted by Gasteiger charge is 2.26. The van der Waals surface area contributed by atoms with Crippen molar-refractivity contribution >= 4 is 39.7 Å². The summed E-state index contributed by atoms with van der Waals surface area (Å²) in [5, 5.41) is 0.742. The van der Waals surface area contributed by atoms with Crippen molar-refractivity contribution in [3.63, 3.8) is 0 Å². The molecule has 5 heterocycles. The summed E-state index contributed by atoms with van der Waals surface area (Å²) < 4.78 is 14.1. The molecule has 2 fully saturated rings. The Balaban J connectivity index is 0.00000320. The van der Waals surface area contributed by atoms with Gasteiger partial charge in [0.05, 0.1) is 12.0 Å². The molecule has 1 amide bonds. The number of hydrogen-bond acceptors (Lipinski definition) is 7. The minimum absolute atomic E-state index is 0. The minimum Gasteiger partial charge on any atom is -0.477 e. The average molecular weight is 547 g/mol. The van der Waals surface area contributed by atoms with E-state index in [0.717, 1.165) is 78.3 Å². The number of rotatable bonds is 6. The number of carbonyl (C=O) groups excluding carboxylic acids is 1. The summed E-state index contributed by atoms with van der Waals surface area (Å²) in [5.41, 5.74) is 2.01. The summed E-state index contributed by atoms with van der Waals surface area (Å²) in [7, 11) is 1.80. The van der Waals surface area contributed by atoms with Crippen LogP contribution in [0, 0.1) is 5.92 Å². The van der Waals surface area contributed by atoms with Crippen LogP contribution in [0.2, 0.25) is 0 Å². The third-order valence-corrected chi connectivity index (χ3v) is 8.48. The fourth-order valence-corrected chi connectivity index (χ4v) is 6.28. The van der Waals surface area contributed by atoms with E-state index in [9.17, 15) is 9.59 Å². The maximum atomic E-state index is 13.0. The summed E-state index contributed by atoms with van der Waals surface area (Å²) in [6.07, 6.45) is 5.72. The standard InChI is InChI=1S/C27H34N4O4S.ClH/c1-18-14-31(19(2)32)9-8-30(18)15-22-13-23-26(36-22)24(16-29(3)27(23)33)21-4-7-28-25(12-21)35-17-20-5-10-34-11-6-20;/h4,7,12-13,16,18,20H,5-6,8-11,14-15,17H2,1-3H3;1H. The molecule has 3 aromatic heterocycles. The molecular formula is C27H35ClN4O4S. The molecule has 1 atom stereocenters. The van der Waals surface area contributed by atoms with Crippen LogP contribution in [0.4, 0.5) is 0 Å². The van der Waals surface area contributed by atoms with Crippen molar-refractivity contribution in [3.8, 4) is 17.0 Å². The van der Waals surface area contributed by atoms with E-state index >= 15 is 0 Å². The van der Waals surface area contributed by atoms with Crippen LogP contribution in [0.1, 0.15) is 31.6 Å². The molecule has 0 spiro atoms. The quantitative estimate of drug-likeness (QED) is 0.466. The van der Waals surface area contributed by atoms with Crippen molar-refractivity contribution in [3.05, 3.63) is 45.8 Å². The van der Waals surface area contributed by atoms with Gasteiger partial charge in [0, 0.05) is 93.0 Å². The number of ether oxygens (including phenoxy) is 2. The predicted molar refractivity (Wildman–Crippen MR) is 149 cm³/mol. The molecule has 2 aliphatic rings. The van der Waals surface area contributed by atoms with Crippen LogP contribution in [0.15, 0.2) is 35.4 Å². The summed E-state index contributed by atoms with van der Waals surface area (Å²) in [4.78, 5) is 34.7. The lowest BCUT2D eigenvalue weighted by Gasteiger charge is -2.39. The molecule has 5 rings (SSSR count). The Morgan fingerprint density at radius 1 is 1.24 bits per heavy atom. The maximum absolute atomic E-state index is 13.0. The Bertz CT molecular complexity index is 1300. The van der Waals surface area contributed by atoms with E-state index in [2.05, 4.69) is 16.8 Å². The van der Waals surface area contributed by atoms with Gasteiger partial charge in [0.25, 0.3) is 5.56 Å². The average Bonchev–Trinajstić information content (AvgIpc) is 3.31. The third-order valence-electron chi connectivity index (χ3n) is 7.32. The fraction of sp³-hybridized carbons (Fsp3) is 0.519. The number of halogens is 1. The molecule has 0 bridgehead atoms. The fourth-order valence-electron chi connectivity index (χ4n) is 5.07. The third kappa shape index (κ3) is 6.17. The number of thiophene rings is 1. The number of aromatic nitrogens is 2. The molecule has 1 unspecified atom stereocenters. The lowest BCUT2D eigenvalue weighted by atomic mass is 10.0. The summed E-state index contributed by atoms with van der Waals surface area (Å²) in [5.74, 6) is 1.23. The molecule has 8 nitrogen and oxygen atoms in total. The van der Waals surface area contributed by atoms with Gasteiger partial charge in [0.15, 0.2) is 0 Å². The van der Waals surface area contributed by atoms with Crippen LogP contribution in [0.3, 0.4) is 0 Å². The molecule has 0 N–H and O–H groups in total. The lowest BCUT2D eigenvalue weighted by molar-refractivity contribution is -0.131. The first-order valence-corrected chi connectivity index (χ1v) is 13.5. The van der Waals surface area contributed by atoms with Crippen LogP contribution in [-0.4, -0.2) is 70.8 Å². The van der Waals surface area contributed by atoms with E-state index in [0.29, 0.717) is 18.4 Å². The molecule has 0 radical (unpaired) electrons. The number of piperazine rings is 1. The number of fused-ring (bicyclic) bond motifs is 1. The molecule has 200 valence electrons. The van der Waals surface area contributed by atoms with E-state index < -0.39 is 0 Å². The maximum Gasteiger partial charge on any atom is 0.259 e. The van der Waals surface area contributed by atoms with Crippen molar-refractivity contribution in [1.82, 2.24) is 19.4 Å². The molecule has 3 aromatic rings. The summed E-state index contributed by atoms with van der Waals surface area (Å²) in [6.45, 7) is 9.10. The zero-order valence-corrected chi connectivity index (χ0v) is 23.3. The van der Waals surface area contributed by atoms with E-state index in [1.807, 2.05) is 29.3 Å². The number of aryl methyl sites for hydroxylation is 1. The molecule has 0 aromatic carbocycles. The minimum atomic E-state index is 0. The number of pyridine rings is 2. The van der Waals surface area contributed by atoms with Gasteiger partial charge in [-0.15, -0.1) is 23.7 Å². The van der Waals surface area contributed by atoms with Crippen LogP contribution >= 0.6 is 23.7 Å². The highest BCUT2D eigenvalue weighted by molar-refractivity contribution is 7.19. The Hall–Kier alpha value is -2.46. The lowest BCUT2D eigenvalue weighted by Crippen LogP contribution is -2.52. The smallest absolute Gasteiger partial charge is 0.259 e. The SMILES string of the molecule is CC(=O)N1CCN(Cc2cc3c(=O)n(C)cc(-c4ccnc(OCC5CCOCC5)c4)c3s2)C(C)C1.Cl. The zero-order valence-electron chi connectivity index (χ0n) is 21.6. The van der Waals surface area contributed by atoms with Gasteiger partial charge in [0.1, 0.15) is 0 Å². The molecular weight excluding hydrogens is 512 g/mol. The molecule has 2 aliphatic heterocycles. The molecule has 2 saturated heterocycles. The molecule has 37 heavy (non-hydrogen) atoms. The molecule has 10 heteroatoms. The van der Waals surface area contributed by atoms with Crippen molar-refractivity contribution in [2.45, 2.75) is 39.3 Å². The van der Waals surface area contributed by atoms with Gasteiger partial charge in [-0.3, -0.25) is 14.5 Å². The van der Waals surface area contributed by atoms with Crippen LogP contribution < -0.4 is 10.3 Å². The van der Waals surface area contributed by atoms with Gasteiger partial charge in [-0.1, -0.05) is 0 Å². The van der Waals surface area contributed by atoms with Gasteiger partial charge < -0.3 is 18.9 Å². The summed E-state index contributed by atoms with van der Waals surface area (Å²) >= 11 is 1.68. The monoisotopic (exact) mass is 546 g/mol. The highest BCUT2D eigenvalue weighted by atomic mass is 35.5. The Morgan fingerprint density at radius 2 is 2.03 bits per heavy atom. The largest absolute Gasteiger partial charge is 0.477 e. The van der Waals surface area contributed by atoms with Gasteiger partial charge >= 0.3 is 0 Å². The van der Waals surface area contributed by atoms with Crippen molar-refractivity contribution < 1.29 is 14.3 Å². The van der Waals surface area contributed by atoms with Crippen LogP contribution in [0.5, 0.6) is 5.88 Å². The number of hydrogen-bond donors (Lipinski definition) is 0. The second-order valence-electron chi connectivity index (χ2n) is 9.95. The Morgan fingerprint density at radius 3 is 2.76 bits per heavy atom. The topological polar surface area (TPSA) is 76.9 Å². The first kappa shape index (κ1) is 27.6. The van der Waals surface area contributed by atoms with E-state index in [-0.39, 0.29) is 29.9 Å². The predicted octanol–water partition coefficient (Wildman–Crippen LogP) is 3.94. The normalized spacial score (nSPS) is 19.1. The number of carbonyl (C=O) groups is 1. The van der Waals surface area contributed by atoms with Gasteiger partial charge in [-0.2, -0.15) is 0 Å². The molecule has 0 saturated carbocycles. The number of amides is 1. The van der Waals surface area contributed by atoms with E-state index in [4.69, 9.17) is 9.47 Å². The first-order valence-electron chi connectivity index (χ1n) is 12.7. The van der Waals surface area contributed by atoms with Crippen LogP contribution in [-0.2, 0) is 23.1 Å². The van der Waals surface area contributed by atoms with Crippen molar-refractivity contribution in [2.24, 2.45) is 13.0 Å². The van der Waals surface area contributed by atoms with Gasteiger partial charge in [0.2, 0.25) is 11.8 Å². The van der Waals surface area contributed by atoms with Gasteiger partial charge in [-0.25, -0.2) is 4.98 Å². The Labute approximate surface area is 227 Å². The Kier molecular flexibility index (Phi) is 8.90. The van der Waals surface area contributed by atoms with Crippen molar-refractivity contribution in [2.75, 3.05) is 39.5 Å². The zero-order chi connectivity index (χ0) is 25.2. The summed E-state index contributed by atoms with van der Waals surface area (Å²) in [6, 6.07) is 6.26.